The summed E-state index contributed by atoms with van der Waals surface area (Å²) in [7, 11) is 0. The number of nitrogens with one attached hydrogen (secondary N) is 1. The van der Waals surface area contributed by atoms with E-state index in [2.05, 4.69) is 15.4 Å². The number of benzene rings is 2. The van der Waals surface area contributed by atoms with Gasteiger partial charge < -0.3 is 21.2 Å². The Labute approximate surface area is 211 Å². The molecule has 0 saturated carbocycles. The highest BCUT2D eigenvalue weighted by atomic mass is 35.5. The number of hydrogen-bond donors (Lipinski definition) is 4. The largest absolute Gasteiger partial charge is 0.476 e. The van der Waals surface area contributed by atoms with Gasteiger partial charge in [0.15, 0.2) is 5.69 Å². The van der Waals surface area contributed by atoms with Crippen LogP contribution in [0.3, 0.4) is 0 Å². The second-order valence-corrected chi connectivity index (χ2v) is 9.41. The third-order valence-electron chi connectivity index (χ3n) is 6.07. The van der Waals surface area contributed by atoms with E-state index in [1.807, 2.05) is 29.2 Å². The smallest absolute Gasteiger partial charge is 0.355 e. The second-order valence-electron chi connectivity index (χ2n) is 8.19. The fourth-order valence-electron chi connectivity index (χ4n) is 4.15. The quantitative estimate of drug-likeness (QED) is 0.276. The van der Waals surface area contributed by atoms with E-state index < -0.39 is 11.5 Å². The molecule has 0 bridgehead atoms. The Morgan fingerprint density at radius 2 is 1.82 bits per heavy atom. The first-order valence-corrected chi connectivity index (χ1v) is 11.7. The summed E-state index contributed by atoms with van der Waals surface area (Å²) >= 11 is 18.6. The lowest BCUT2D eigenvalue weighted by Gasteiger charge is -2.39. The van der Waals surface area contributed by atoms with E-state index in [1.165, 1.54) is 0 Å². The fourth-order valence-corrected chi connectivity index (χ4v) is 4.72. The number of rotatable bonds is 6. The normalized spacial score (nSPS) is 15.3. The Kier molecular flexibility index (Phi) is 7.16. The van der Waals surface area contributed by atoms with Crippen LogP contribution in [0.15, 0.2) is 42.5 Å². The molecule has 11 heteroatoms. The molecular formula is C23H23Cl3N6O2. The molecule has 0 amide bonds. The molecule has 0 spiro atoms. The topological polar surface area (TPSA) is 130 Å². The van der Waals surface area contributed by atoms with Crippen molar-refractivity contribution in [3.8, 4) is 0 Å². The molecule has 1 saturated heterocycles. The Morgan fingerprint density at radius 1 is 1.12 bits per heavy atom. The molecule has 34 heavy (non-hydrogen) atoms. The van der Waals surface area contributed by atoms with Crippen LogP contribution in [-0.2, 0) is 12.0 Å². The zero-order valence-corrected chi connectivity index (χ0v) is 20.3. The van der Waals surface area contributed by atoms with Crippen molar-refractivity contribution < 1.29 is 9.90 Å². The number of carboxylic acid groups (broad SMARTS) is 1. The van der Waals surface area contributed by atoms with Gasteiger partial charge in [-0.25, -0.2) is 15.6 Å². The minimum Gasteiger partial charge on any atom is -0.476 e. The number of aromatic carboxylic acids is 1. The van der Waals surface area contributed by atoms with Gasteiger partial charge >= 0.3 is 5.97 Å². The minimum atomic E-state index is -1.20. The van der Waals surface area contributed by atoms with Crippen LogP contribution in [0.25, 0.3) is 0 Å². The first-order valence-electron chi connectivity index (χ1n) is 10.6. The maximum absolute atomic E-state index is 12.1. The van der Waals surface area contributed by atoms with Crippen LogP contribution in [0, 0.1) is 0 Å². The summed E-state index contributed by atoms with van der Waals surface area (Å²) in [6.45, 7) is 1.07. The van der Waals surface area contributed by atoms with Gasteiger partial charge in [-0.3, -0.25) is 0 Å². The molecule has 0 atom stereocenters. The summed E-state index contributed by atoms with van der Waals surface area (Å²) in [5.41, 5.74) is 10.4. The SMILES string of the molecule is NNc1nc(N2CCC(N)(c3cccc(Cl)c3)CC2)nc(C(=O)O)c1Cc1cccc(Cl)c1Cl. The summed E-state index contributed by atoms with van der Waals surface area (Å²) < 4.78 is 0. The highest BCUT2D eigenvalue weighted by molar-refractivity contribution is 6.42. The first-order chi connectivity index (χ1) is 16.2. The molecule has 2 heterocycles. The zero-order valence-electron chi connectivity index (χ0n) is 18.1. The van der Waals surface area contributed by atoms with E-state index in [-0.39, 0.29) is 23.9 Å². The van der Waals surface area contributed by atoms with Crippen molar-refractivity contribution in [2.45, 2.75) is 24.8 Å². The van der Waals surface area contributed by atoms with E-state index in [1.54, 1.807) is 18.2 Å². The van der Waals surface area contributed by atoms with Gasteiger partial charge in [0.2, 0.25) is 5.95 Å². The van der Waals surface area contributed by atoms with Crippen molar-refractivity contribution in [1.29, 1.82) is 0 Å². The molecule has 4 rings (SSSR count). The van der Waals surface area contributed by atoms with Gasteiger partial charge in [-0.1, -0.05) is 59.1 Å². The maximum Gasteiger partial charge on any atom is 0.355 e. The summed E-state index contributed by atoms with van der Waals surface area (Å²) in [5.74, 6) is 5.00. The number of carbonyl (C=O) groups is 1. The number of nitrogens with zero attached hydrogens (tertiary/aromatic N) is 3. The molecule has 1 aliphatic heterocycles. The average molecular weight is 522 g/mol. The monoisotopic (exact) mass is 520 g/mol. The Morgan fingerprint density at radius 3 is 2.47 bits per heavy atom. The van der Waals surface area contributed by atoms with Crippen LogP contribution in [0.4, 0.5) is 11.8 Å². The maximum atomic E-state index is 12.1. The molecule has 2 aromatic carbocycles. The Balaban J connectivity index is 1.63. The van der Waals surface area contributed by atoms with E-state index in [9.17, 15) is 9.90 Å². The lowest BCUT2D eigenvalue weighted by atomic mass is 9.82. The standard InChI is InChI=1S/C23H23Cl3N6O2/c24-15-5-2-4-14(12-15)23(27)7-9-32(10-8-23)22-29-19(21(33)34)16(20(30-22)31-28)11-13-3-1-6-17(25)18(13)26/h1-6,12H,7-11,27-28H2,(H,33,34)(H,29,30,31). The molecule has 8 nitrogen and oxygen atoms in total. The number of nitrogen functional groups attached to an aromatic ring is 1. The number of nitrogens with two attached hydrogens (primary N) is 2. The van der Waals surface area contributed by atoms with Gasteiger partial charge in [0, 0.05) is 35.6 Å². The van der Waals surface area contributed by atoms with Crippen molar-refractivity contribution in [3.05, 3.63) is 79.9 Å². The zero-order chi connectivity index (χ0) is 24.5. The van der Waals surface area contributed by atoms with E-state index in [0.717, 1.165) is 5.56 Å². The fraction of sp³-hybridized carbons (Fsp3) is 0.261. The van der Waals surface area contributed by atoms with Crippen LogP contribution >= 0.6 is 34.8 Å². The second kappa shape index (κ2) is 9.93. The number of aromatic nitrogens is 2. The lowest BCUT2D eigenvalue weighted by Crippen LogP contribution is -2.48. The molecule has 0 aliphatic carbocycles. The van der Waals surface area contributed by atoms with Crippen LogP contribution in [0.5, 0.6) is 0 Å². The summed E-state index contributed by atoms with van der Waals surface area (Å²) in [4.78, 5) is 22.9. The highest BCUT2D eigenvalue weighted by Gasteiger charge is 2.34. The van der Waals surface area contributed by atoms with E-state index >= 15 is 0 Å². The molecule has 3 aromatic rings. The minimum absolute atomic E-state index is 0.140. The van der Waals surface area contributed by atoms with Crippen LogP contribution in [0.2, 0.25) is 15.1 Å². The van der Waals surface area contributed by atoms with Crippen LogP contribution in [-0.4, -0.2) is 34.1 Å². The predicted octanol–water partition coefficient (Wildman–Crippen LogP) is 4.47. The summed E-state index contributed by atoms with van der Waals surface area (Å²) in [6, 6.07) is 12.7. The molecule has 1 aromatic heterocycles. The number of anilines is 2. The van der Waals surface area contributed by atoms with Gasteiger partial charge in [-0.15, -0.1) is 0 Å². The molecule has 178 valence electrons. The van der Waals surface area contributed by atoms with Gasteiger partial charge in [-0.05, 0) is 42.2 Å². The van der Waals surface area contributed by atoms with Crippen molar-refractivity contribution in [3.63, 3.8) is 0 Å². The number of hydrazine groups is 1. The predicted molar refractivity (Wildman–Crippen MR) is 135 cm³/mol. The summed E-state index contributed by atoms with van der Waals surface area (Å²) in [6.07, 6.45) is 1.37. The molecule has 0 unspecified atom stereocenters. The Bertz CT molecular complexity index is 1230. The summed E-state index contributed by atoms with van der Waals surface area (Å²) in [5, 5.41) is 11.2. The molecule has 0 radical (unpaired) electrons. The van der Waals surface area contributed by atoms with Crippen LogP contribution in [0.1, 0.15) is 40.0 Å². The van der Waals surface area contributed by atoms with E-state index in [0.29, 0.717) is 52.1 Å². The van der Waals surface area contributed by atoms with Crippen molar-refractivity contribution in [2.24, 2.45) is 11.6 Å². The Hall–Kier alpha value is -2.62. The van der Waals surface area contributed by atoms with Gasteiger partial charge in [0.1, 0.15) is 5.82 Å². The number of piperidine rings is 1. The van der Waals surface area contributed by atoms with Gasteiger partial charge in [-0.2, -0.15) is 4.98 Å². The molecule has 6 N–H and O–H groups in total. The van der Waals surface area contributed by atoms with Crippen molar-refractivity contribution in [2.75, 3.05) is 23.4 Å². The number of carboxylic acids is 1. The van der Waals surface area contributed by atoms with Crippen molar-refractivity contribution in [1.82, 2.24) is 9.97 Å². The third kappa shape index (κ3) is 4.92. The lowest BCUT2D eigenvalue weighted by molar-refractivity contribution is 0.0689. The molecule has 1 aliphatic rings. The first kappa shape index (κ1) is 24.5. The average Bonchev–Trinajstić information content (AvgIpc) is 2.82. The van der Waals surface area contributed by atoms with Gasteiger partial charge in [0.05, 0.1) is 10.0 Å². The third-order valence-corrected chi connectivity index (χ3v) is 7.16. The van der Waals surface area contributed by atoms with Crippen molar-refractivity contribution >= 4 is 52.5 Å². The molecular weight excluding hydrogens is 499 g/mol. The van der Waals surface area contributed by atoms with Gasteiger partial charge in [0.25, 0.3) is 0 Å². The number of hydrogen-bond acceptors (Lipinski definition) is 7. The number of halogens is 3. The molecule has 1 fully saturated rings. The van der Waals surface area contributed by atoms with Crippen LogP contribution < -0.4 is 21.9 Å². The van der Waals surface area contributed by atoms with E-state index in [4.69, 9.17) is 46.4 Å². The highest BCUT2D eigenvalue weighted by Crippen LogP contribution is 2.34.